The number of halogens is 3. The summed E-state index contributed by atoms with van der Waals surface area (Å²) in [6.45, 7) is 1.22. The topological polar surface area (TPSA) is 69.3 Å². The normalized spacial score (nSPS) is 18.6. The van der Waals surface area contributed by atoms with E-state index in [1.807, 2.05) is 6.07 Å². The zero-order valence-electron chi connectivity index (χ0n) is 13.0. The molecule has 0 radical (unpaired) electrons. The van der Waals surface area contributed by atoms with Crippen LogP contribution in [0, 0.1) is 11.3 Å². The van der Waals surface area contributed by atoms with Crippen LogP contribution < -0.4 is 5.32 Å². The zero-order valence-corrected chi connectivity index (χ0v) is 13.0. The quantitative estimate of drug-likeness (QED) is 0.925. The molecule has 1 fully saturated rings. The molecule has 0 aliphatic carbocycles. The molecule has 8 heteroatoms. The number of amides is 1. The third kappa shape index (κ3) is 3.67. The van der Waals surface area contributed by atoms with Crippen molar-refractivity contribution in [2.24, 2.45) is 0 Å². The van der Waals surface area contributed by atoms with Gasteiger partial charge in [0.1, 0.15) is 17.9 Å². The molecule has 1 amide bonds. The SMILES string of the molecule is N#Cc1ccc(CN2CCNC(=O)[C@@H]2c2ccc(C(F)(F)F)cc2)o1. The standard InChI is InChI=1S/C17H14F3N3O2/c18-17(19,20)12-3-1-11(2-4-12)15-16(24)22-7-8-23(15)10-14-6-5-13(9-21)25-14/h1-6,15H,7-8,10H2,(H,22,24)/t15-/m0/s1. The highest BCUT2D eigenvalue weighted by atomic mass is 19.4. The van der Waals surface area contributed by atoms with Crippen molar-refractivity contribution in [3.05, 3.63) is 59.0 Å². The minimum Gasteiger partial charge on any atom is -0.449 e. The first-order valence-electron chi connectivity index (χ1n) is 7.56. The third-order valence-electron chi connectivity index (χ3n) is 4.00. The van der Waals surface area contributed by atoms with Gasteiger partial charge < -0.3 is 9.73 Å². The number of rotatable bonds is 3. The van der Waals surface area contributed by atoms with E-state index in [9.17, 15) is 18.0 Å². The lowest BCUT2D eigenvalue weighted by atomic mass is 10.0. The number of nitrogens with zero attached hydrogens (tertiary/aromatic N) is 2. The Balaban J connectivity index is 1.85. The Morgan fingerprint density at radius 3 is 2.56 bits per heavy atom. The van der Waals surface area contributed by atoms with Crippen molar-refractivity contribution in [1.29, 1.82) is 5.26 Å². The van der Waals surface area contributed by atoms with E-state index in [1.165, 1.54) is 18.2 Å². The molecular formula is C17H14F3N3O2. The molecule has 2 aromatic rings. The van der Waals surface area contributed by atoms with E-state index in [0.717, 1.165) is 12.1 Å². The Morgan fingerprint density at radius 2 is 1.96 bits per heavy atom. The fraction of sp³-hybridized carbons (Fsp3) is 0.294. The number of carbonyl (C=O) groups is 1. The number of furan rings is 1. The summed E-state index contributed by atoms with van der Waals surface area (Å²) in [4.78, 5) is 14.1. The van der Waals surface area contributed by atoms with Gasteiger partial charge >= 0.3 is 6.18 Å². The average molecular weight is 349 g/mol. The molecule has 5 nitrogen and oxygen atoms in total. The number of benzene rings is 1. The van der Waals surface area contributed by atoms with Gasteiger partial charge in [-0.2, -0.15) is 18.4 Å². The van der Waals surface area contributed by atoms with Crippen molar-refractivity contribution < 1.29 is 22.4 Å². The van der Waals surface area contributed by atoms with Crippen LogP contribution in [0.15, 0.2) is 40.8 Å². The van der Waals surface area contributed by atoms with Crippen LogP contribution in [-0.2, 0) is 17.5 Å². The number of hydrogen-bond donors (Lipinski definition) is 1. The average Bonchev–Trinajstić information content (AvgIpc) is 3.02. The van der Waals surface area contributed by atoms with E-state index in [-0.39, 0.29) is 18.2 Å². The molecule has 0 unspecified atom stereocenters. The van der Waals surface area contributed by atoms with Gasteiger partial charge in [-0.25, -0.2) is 0 Å². The Kier molecular flexibility index (Phi) is 4.51. The summed E-state index contributed by atoms with van der Waals surface area (Å²) in [6.07, 6.45) is -4.42. The maximum absolute atomic E-state index is 12.7. The van der Waals surface area contributed by atoms with Gasteiger partial charge in [-0.1, -0.05) is 12.1 Å². The van der Waals surface area contributed by atoms with Gasteiger partial charge in [-0.3, -0.25) is 9.69 Å². The molecule has 1 aliphatic rings. The van der Waals surface area contributed by atoms with Gasteiger partial charge in [-0.15, -0.1) is 0 Å². The van der Waals surface area contributed by atoms with E-state index >= 15 is 0 Å². The molecule has 3 rings (SSSR count). The summed E-state index contributed by atoms with van der Waals surface area (Å²) in [6, 6.07) is 8.92. The second kappa shape index (κ2) is 6.61. The fourth-order valence-corrected chi connectivity index (χ4v) is 2.82. The summed E-state index contributed by atoms with van der Waals surface area (Å²) in [5.74, 6) is 0.406. The largest absolute Gasteiger partial charge is 0.449 e. The minimum atomic E-state index is -4.42. The van der Waals surface area contributed by atoms with Crippen molar-refractivity contribution in [2.45, 2.75) is 18.8 Å². The number of hydrogen-bond acceptors (Lipinski definition) is 4. The first-order chi connectivity index (χ1) is 11.9. The molecule has 1 saturated heterocycles. The van der Waals surface area contributed by atoms with Gasteiger partial charge in [0.15, 0.2) is 0 Å². The molecule has 0 spiro atoms. The number of nitrogens with one attached hydrogen (secondary N) is 1. The summed E-state index contributed by atoms with van der Waals surface area (Å²) < 4.78 is 43.5. The van der Waals surface area contributed by atoms with Crippen LogP contribution in [0.25, 0.3) is 0 Å². The highest BCUT2D eigenvalue weighted by molar-refractivity contribution is 5.83. The molecule has 1 aliphatic heterocycles. The molecule has 1 aromatic heterocycles. The molecule has 0 bridgehead atoms. The Morgan fingerprint density at radius 1 is 1.24 bits per heavy atom. The summed E-state index contributed by atoms with van der Waals surface area (Å²) in [7, 11) is 0. The Hall–Kier alpha value is -2.79. The second-order valence-corrected chi connectivity index (χ2v) is 5.66. The number of piperazine rings is 1. The van der Waals surface area contributed by atoms with Crippen LogP contribution in [0.2, 0.25) is 0 Å². The van der Waals surface area contributed by atoms with Gasteiger partial charge in [0.25, 0.3) is 0 Å². The molecule has 130 valence electrons. The molecule has 1 N–H and O–H groups in total. The van der Waals surface area contributed by atoms with Crippen LogP contribution in [0.4, 0.5) is 13.2 Å². The molecular weight excluding hydrogens is 335 g/mol. The predicted molar refractivity (Wildman–Crippen MR) is 81.0 cm³/mol. The van der Waals surface area contributed by atoms with E-state index in [2.05, 4.69) is 5.32 Å². The summed E-state index contributed by atoms with van der Waals surface area (Å²) in [5, 5.41) is 11.5. The van der Waals surface area contributed by atoms with Gasteiger partial charge in [0.05, 0.1) is 12.1 Å². The fourth-order valence-electron chi connectivity index (χ4n) is 2.82. The lowest BCUT2D eigenvalue weighted by Crippen LogP contribution is -2.49. The van der Waals surface area contributed by atoms with E-state index < -0.39 is 17.8 Å². The van der Waals surface area contributed by atoms with Gasteiger partial charge in [0, 0.05) is 13.1 Å². The molecule has 1 atom stereocenters. The lowest BCUT2D eigenvalue weighted by Gasteiger charge is -2.34. The maximum Gasteiger partial charge on any atom is 0.416 e. The second-order valence-electron chi connectivity index (χ2n) is 5.66. The summed E-state index contributed by atoms with van der Waals surface area (Å²) in [5.41, 5.74) is -0.291. The third-order valence-corrected chi connectivity index (χ3v) is 4.00. The zero-order chi connectivity index (χ0) is 18.0. The van der Waals surface area contributed by atoms with Crippen molar-refractivity contribution in [2.75, 3.05) is 13.1 Å². The van der Waals surface area contributed by atoms with Gasteiger partial charge in [-0.05, 0) is 29.8 Å². The van der Waals surface area contributed by atoms with Crippen LogP contribution in [0.3, 0.4) is 0 Å². The minimum absolute atomic E-state index is 0.169. The van der Waals surface area contributed by atoms with E-state index in [1.54, 1.807) is 11.0 Å². The monoisotopic (exact) mass is 349 g/mol. The van der Waals surface area contributed by atoms with E-state index in [4.69, 9.17) is 9.68 Å². The molecule has 0 saturated carbocycles. The number of nitriles is 1. The maximum atomic E-state index is 12.7. The van der Waals surface area contributed by atoms with Crippen LogP contribution in [-0.4, -0.2) is 23.9 Å². The summed E-state index contributed by atoms with van der Waals surface area (Å²) >= 11 is 0. The molecule has 25 heavy (non-hydrogen) atoms. The first-order valence-corrected chi connectivity index (χ1v) is 7.56. The molecule has 1 aromatic carbocycles. The van der Waals surface area contributed by atoms with Crippen molar-refractivity contribution >= 4 is 5.91 Å². The Labute approximate surface area is 141 Å². The predicted octanol–water partition coefficient (Wildman–Crippen LogP) is 2.84. The Bertz CT molecular complexity index is 806. The smallest absolute Gasteiger partial charge is 0.416 e. The highest BCUT2D eigenvalue weighted by Crippen LogP contribution is 2.32. The van der Waals surface area contributed by atoms with Gasteiger partial charge in [0.2, 0.25) is 11.7 Å². The van der Waals surface area contributed by atoms with Crippen molar-refractivity contribution in [3.63, 3.8) is 0 Å². The first kappa shape index (κ1) is 17.0. The van der Waals surface area contributed by atoms with Crippen LogP contribution in [0.1, 0.15) is 28.7 Å². The van der Waals surface area contributed by atoms with E-state index in [0.29, 0.717) is 24.4 Å². The number of carbonyl (C=O) groups excluding carboxylic acids is 1. The van der Waals surface area contributed by atoms with Crippen molar-refractivity contribution in [1.82, 2.24) is 10.2 Å². The van der Waals surface area contributed by atoms with Crippen LogP contribution in [0.5, 0.6) is 0 Å². The highest BCUT2D eigenvalue weighted by Gasteiger charge is 2.34. The van der Waals surface area contributed by atoms with Crippen LogP contribution >= 0.6 is 0 Å². The number of alkyl halides is 3. The lowest BCUT2D eigenvalue weighted by molar-refractivity contribution is -0.137. The molecule has 2 heterocycles. The van der Waals surface area contributed by atoms with Crippen molar-refractivity contribution in [3.8, 4) is 6.07 Å².